The van der Waals surface area contributed by atoms with Gasteiger partial charge in [-0.2, -0.15) is 0 Å². The summed E-state index contributed by atoms with van der Waals surface area (Å²) < 4.78 is 0. The van der Waals surface area contributed by atoms with Crippen molar-refractivity contribution in [2.75, 3.05) is 5.73 Å². The van der Waals surface area contributed by atoms with Gasteiger partial charge in [-0.15, -0.1) is 0 Å². The Balaban J connectivity index is 2.09. The third-order valence-electron chi connectivity index (χ3n) is 2.80. The first-order chi connectivity index (χ1) is 9.72. The van der Waals surface area contributed by atoms with Crippen molar-refractivity contribution in [3.63, 3.8) is 0 Å². The van der Waals surface area contributed by atoms with Gasteiger partial charge >= 0.3 is 0 Å². The maximum atomic E-state index is 5.86. The first-order valence-corrected chi connectivity index (χ1v) is 6.21. The molecule has 2 aromatic heterocycles. The van der Waals surface area contributed by atoms with Gasteiger partial charge in [-0.1, -0.05) is 30.3 Å². The first-order valence-electron chi connectivity index (χ1n) is 6.21. The second-order valence-electron chi connectivity index (χ2n) is 4.45. The molecular formula is C15H13N5. The van der Waals surface area contributed by atoms with Crippen molar-refractivity contribution in [1.82, 2.24) is 19.9 Å². The molecule has 0 aliphatic carbocycles. The fraction of sp³-hybridized carbons (Fsp3) is 0.0667. The highest BCUT2D eigenvalue weighted by atomic mass is 15.0. The van der Waals surface area contributed by atoms with Crippen molar-refractivity contribution in [3.05, 3.63) is 54.4 Å². The second-order valence-corrected chi connectivity index (χ2v) is 4.45. The molecule has 0 amide bonds. The number of rotatable bonds is 2. The molecule has 2 heterocycles. The molecule has 0 atom stereocenters. The average Bonchev–Trinajstić information content (AvgIpc) is 2.48. The zero-order valence-corrected chi connectivity index (χ0v) is 11.0. The highest BCUT2D eigenvalue weighted by Gasteiger charge is 2.09. The van der Waals surface area contributed by atoms with E-state index in [-0.39, 0.29) is 0 Å². The molecule has 0 aliphatic heterocycles. The molecule has 3 rings (SSSR count). The van der Waals surface area contributed by atoms with Gasteiger partial charge in [-0.25, -0.2) is 19.9 Å². The van der Waals surface area contributed by atoms with Crippen LogP contribution in [0.4, 0.5) is 5.82 Å². The van der Waals surface area contributed by atoms with Crippen LogP contribution in [-0.4, -0.2) is 19.9 Å². The van der Waals surface area contributed by atoms with Crippen LogP contribution in [0.25, 0.3) is 22.9 Å². The molecule has 0 aliphatic rings. The smallest absolute Gasteiger partial charge is 0.200 e. The van der Waals surface area contributed by atoms with E-state index in [1.165, 1.54) is 0 Å². The SMILES string of the molecule is Cc1cnc(-c2nc(N)cc(-c3ccccc3)n2)nc1. The number of nitrogens with two attached hydrogens (primary N) is 1. The second kappa shape index (κ2) is 5.05. The van der Waals surface area contributed by atoms with Crippen LogP contribution in [0.5, 0.6) is 0 Å². The van der Waals surface area contributed by atoms with Crippen LogP contribution in [0.15, 0.2) is 48.8 Å². The minimum absolute atomic E-state index is 0.401. The topological polar surface area (TPSA) is 77.6 Å². The summed E-state index contributed by atoms with van der Waals surface area (Å²) in [6, 6.07) is 11.6. The number of hydrogen-bond acceptors (Lipinski definition) is 5. The van der Waals surface area contributed by atoms with Crippen LogP contribution >= 0.6 is 0 Å². The van der Waals surface area contributed by atoms with Crippen molar-refractivity contribution in [1.29, 1.82) is 0 Å². The van der Waals surface area contributed by atoms with Crippen molar-refractivity contribution in [2.24, 2.45) is 0 Å². The normalized spacial score (nSPS) is 10.4. The van der Waals surface area contributed by atoms with E-state index in [4.69, 9.17) is 5.73 Å². The summed E-state index contributed by atoms with van der Waals surface area (Å²) in [5.41, 5.74) is 8.59. The fourth-order valence-electron chi connectivity index (χ4n) is 1.83. The number of hydrogen-bond donors (Lipinski definition) is 1. The van der Waals surface area contributed by atoms with E-state index >= 15 is 0 Å². The molecule has 0 unspecified atom stereocenters. The molecule has 0 spiro atoms. The highest BCUT2D eigenvalue weighted by Crippen LogP contribution is 2.21. The lowest BCUT2D eigenvalue weighted by molar-refractivity contribution is 1.07. The number of aromatic nitrogens is 4. The molecular weight excluding hydrogens is 250 g/mol. The lowest BCUT2D eigenvalue weighted by Gasteiger charge is -2.05. The van der Waals surface area contributed by atoms with Crippen LogP contribution in [0.2, 0.25) is 0 Å². The molecule has 0 saturated heterocycles. The number of nitrogens with zero attached hydrogens (tertiary/aromatic N) is 4. The van der Waals surface area contributed by atoms with E-state index in [0.717, 1.165) is 16.8 Å². The highest BCUT2D eigenvalue weighted by molar-refractivity contribution is 5.64. The Morgan fingerprint density at radius 1 is 0.900 bits per heavy atom. The molecule has 20 heavy (non-hydrogen) atoms. The lowest BCUT2D eigenvalue weighted by Crippen LogP contribution is -2.00. The van der Waals surface area contributed by atoms with E-state index in [0.29, 0.717) is 17.5 Å². The number of anilines is 1. The standard InChI is InChI=1S/C15H13N5/c1-10-8-17-14(18-9-10)15-19-12(7-13(16)20-15)11-5-3-2-4-6-11/h2-9H,1H3,(H2,16,19,20). The molecule has 0 radical (unpaired) electrons. The minimum Gasteiger partial charge on any atom is -0.384 e. The Morgan fingerprint density at radius 3 is 2.30 bits per heavy atom. The summed E-state index contributed by atoms with van der Waals surface area (Å²) >= 11 is 0. The van der Waals surface area contributed by atoms with Gasteiger partial charge in [-0.05, 0) is 12.5 Å². The molecule has 0 saturated carbocycles. The van der Waals surface area contributed by atoms with Gasteiger partial charge in [0.25, 0.3) is 0 Å². The summed E-state index contributed by atoms with van der Waals surface area (Å²) in [7, 11) is 0. The van der Waals surface area contributed by atoms with E-state index in [1.54, 1.807) is 18.5 Å². The number of benzene rings is 1. The van der Waals surface area contributed by atoms with Crippen LogP contribution < -0.4 is 5.73 Å². The zero-order valence-electron chi connectivity index (χ0n) is 11.0. The molecule has 98 valence electrons. The maximum Gasteiger partial charge on any atom is 0.200 e. The quantitative estimate of drug-likeness (QED) is 0.768. The molecule has 5 heteroatoms. The van der Waals surface area contributed by atoms with Gasteiger partial charge in [0.15, 0.2) is 11.6 Å². The Kier molecular flexibility index (Phi) is 3.09. The van der Waals surface area contributed by atoms with Gasteiger partial charge in [0.05, 0.1) is 5.69 Å². The summed E-state index contributed by atoms with van der Waals surface area (Å²) in [6.45, 7) is 1.93. The van der Waals surface area contributed by atoms with E-state index in [1.807, 2.05) is 37.3 Å². The molecule has 5 nitrogen and oxygen atoms in total. The van der Waals surface area contributed by atoms with Gasteiger partial charge in [-0.3, -0.25) is 0 Å². The van der Waals surface area contributed by atoms with Gasteiger partial charge in [0, 0.05) is 24.0 Å². The summed E-state index contributed by atoms with van der Waals surface area (Å²) in [5, 5.41) is 0. The Morgan fingerprint density at radius 2 is 1.60 bits per heavy atom. The molecule has 1 aromatic carbocycles. The van der Waals surface area contributed by atoms with E-state index < -0.39 is 0 Å². The van der Waals surface area contributed by atoms with Crippen LogP contribution in [0.3, 0.4) is 0 Å². The van der Waals surface area contributed by atoms with Crippen molar-refractivity contribution >= 4 is 5.82 Å². The molecule has 2 N–H and O–H groups in total. The minimum atomic E-state index is 0.401. The van der Waals surface area contributed by atoms with Gasteiger partial charge in [0.1, 0.15) is 5.82 Å². The molecule has 0 bridgehead atoms. The predicted octanol–water partition coefficient (Wildman–Crippen LogP) is 2.49. The summed E-state index contributed by atoms with van der Waals surface area (Å²) in [4.78, 5) is 17.2. The lowest BCUT2D eigenvalue weighted by atomic mass is 10.1. The van der Waals surface area contributed by atoms with Crippen LogP contribution in [0, 0.1) is 6.92 Å². The maximum absolute atomic E-state index is 5.86. The summed E-state index contributed by atoms with van der Waals surface area (Å²) in [6.07, 6.45) is 3.47. The zero-order chi connectivity index (χ0) is 13.9. The third-order valence-corrected chi connectivity index (χ3v) is 2.80. The van der Waals surface area contributed by atoms with Crippen molar-refractivity contribution in [3.8, 4) is 22.9 Å². The summed E-state index contributed by atoms with van der Waals surface area (Å²) in [5.74, 6) is 1.31. The van der Waals surface area contributed by atoms with Gasteiger partial charge < -0.3 is 5.73 Å². The van der Waals surface area contributed by atoms with Gasteiger partial charge in [0.2, 0.25) is 0 Å². The van der Waals surface area contributed by atoms with Crippen molar-refractivity contribution in [2.45, 2.75) is 6.92 Å². The van der Waals surface area contributed by atoms with Crippen molar-refractivity contribution < 1.29 is 0 Å². The number of nitrogen functional groups attached to an aromatic ring is 1. The van der Waals surface area contributed by atoms with Crippen LogP contribution in [0.1, 0.15) is 5.56 Å². The molecule has 0 fully saturated rings. The average molecular weight is 263 g/mol. The van der Waals surface area contributed by atoms with E-state index in [2.05, 4.69) is 19.9 Å². The Labute approximate surface area is 116 Å². The van der Waals surface area contributed by atoms with Crippen LogP contribution in [-0.2, 0) is 0 Å². The Bertz CT molecular complexity index is 723. The number of aryl methyl sites for hydroxylation is 1. The molecule has 3 aromatic rings. The van der Waals surface area contributed by atoms with E-state index in [9.17, 15) is 0 Å². The fourth-order valence-corrected chi connectivity index (χ4v) is 1.83. The first kappa shape index (κ1) is 12.2. The third kappa shape index (κ3) is 2.47. The largest absolute Gasteiger partial charge is 0.384 e. The predicted molar refractivity (Wildman–Crippen MR) is 77.6 cm³/mol. The monoisotopic (exact) mass is 263 g/mol. The Hall–Kier alpha value is -2.82.